The number of esters is 1. The lowest BCUT2D eigenvalue weighted by Gasteiger charge is -2.17. The molecule has 1 unspecified atom stereocenters. The zero-order chi connectivity index (χ0) is 11.5. The van der Waals surface area contributed by atoms with Gasteiger partial charge in [-0.25, -0.2) is 0 Å². The molecule has 1 rings (SSSR count). The standard InChI is InChI=1S/C10H18O4Si/c1-15(2,3)14-10(12)7-5-8-4-6-9(11)13-8/h8H,4-7H2,1-3H3. The lowest BCUT2D eigenvalue weighted by molar-refractivity contribution is -0.143. The average molecular weight is 230 g/mol. The molecule has 0 N–H and O–H groups in total. The highest BCUT2D eigenvalue weighted by atomic mass is 28.4. The minimum atomic E-state index is -1.77. The molecule has 15 heavy (non-hydrogen) atoms. The molecule has 0 radical (unpaired) electrons. The molecule has 4 nitrogen and oxygen atoms in total. The van der Waals surface area contributed by atoms with Crippen molar-refractivity contribution in [1.82, 2.24) is 0 Å². The Labute approximate surface area is 91.1 Å². The van der Waals surface area contributed by atoms with Gasteiger partial charge in [0.05, 0.1) is 0 Å². The van der Waals surface area contributed by atoms with Gasteiger partial charge < -0.3 is 9.16 Å². The van der Waals surface area contributed by atoms with Crippen LogP contribution >= 0.6 is 0 Å². The highest BCUT2D eigenvalue weighted by molar-refractivity contribution is 6.71. The minimum absolute atomic E-state index is 0.0771. The van der Waals surface area contributed by atoms with Crippen LogP contribution in [0.15, 0.2) is 0 Å². The summed E-state index contributed by atoms with van der Waals surface area (Å²) in [5.74, 6) is -0.323. The molecule has 86 valence electrons. The van der Waals surface area contributed by atoms with Crippen LogP contribution in [0.2, 0.25) is 19.6 Å². The third-order valence-corrected chi connectivity index (χ3v) is 2.90. The fraction of sp³-hybridized carbons (Fsp3) is 0.800. The van der Waals surface area contributed by atoms with E-state index in [1.54, 1.807) is 0 Å². The first-order valence-corrected chi connectivity index (χ1v) is 8.69. The topological polar surface area (TPSA) is 52.6 Å². The number of hydrogen-bond acceptors (Lipinski definition) is 4. The number of ether oxygens (including phenoxy) is 1. The zero-order valence-corrected chi connectivity index (χ0v) is 10.5. The number of cyclic esters (lactones) is 1. The maximum Gasteiger partial charge on any atom is 0.306 e. The van der Waals surface area contributed by atoms with Crippen LogP contribution in [-0.4, -0.2) is 26.4 Å². The van der Waals surface area contributed by atoms with E-state index < -0.39 is 8.32 Å². The summed E-state index contributed by atoms with van der Waals surface area (Å²) in [6.45, 7) is 5.92. The predicted octanol–water partition coefficient (Wildman–Crippen LogP) is 1.85. The van der Waals surface area contributed by atoms with Crippen LogP contribution in [0.1, 0.15) is 25.7 Å². The molecule has 1 heterocycles. The first-order valence-electron chi connectivity index (χ1n) is 5.28. The van der Waals surface area contributed by atoms with E-state index in [1.165, 1.54) is 0 Å². The van der Waals surface area contributed by atoms with E-state index in [-0.39, 0.29) is 18.0 Å². The van der Waals surface area contributed by atoms with E-state index in [1.807, 2.05) is 19.6 Å². The largest absolute Gasteiger partial charge is 0.520 e. The van der Waals surface area contributed by atoms with Crippen LogP contribution < -0.4 is 0 Å². The summed E-state index contributed by atoms with van der Waals surface area (Å²) < 4.78 is 10.3. The van der Waals surface area contributed by atoms with E-state index in [2.05, 4.69) is 0 Å². The van der Waals surface area contributed by atoms with Crippen LogP contribution in [0.25, 0.3) is 0 Å². The van der Waals surface area contributed by atoms with Gasteiger partial charge in [-0.2, -0.15) is 0 Å². The van der Waals surface area contributed by atoms with Crippen LogP contribution in [0.5, 0.6) is 0 Å². The third-order valence-electron chi connectivity index (χ3n) is 2.06. The van der Waals surface area contributed by atoms with Crippen molar-refractivity contribution in [1.29, 1.82) is 0 Å². The predicted molar refractivity (Wildman–Crippen MR) is 57.8 cm³/mol. The van der Waals surface area contributed by atoms with Gasteiger partial charge in [-0.1, -0.05) is 0 Å². The van der Waals surface area contributed by atoms with Gasteiger partial charge in [-0.05, 0) is 32.5 Å². The summed E-state index contributed by atoms with van der Waals surface area (Å²) in [7, 11) is -1.77. The molecule has 0 spiro atoms. The van der Waals surface area contributed by atoms with Crippen molar-refractivity contribution < 1.29 is 18.8 Å². The molecule has 1 aliphatic heterocycles. The molecule has 0 aliphatic carbocycles. The summed E-state index contributed by atoms with van der Waals surface area (Å²) in [4.78, 5) is 22.2. The van der Waals surface area contributed by atoms with Gasteiger partial charge in [-0.15, -0.1) is 0 Å². The first-order chi connectivity index (χ1) is 6.87. The molecule has 0 bridgehead atoms. The molecule has 0 aromatic carbocycles. The molecule has 0 aromatic rings. The van der Waals surface area contributed by atoms with Crippen LogP contribution in [0.3, 0.4) is 0 Å². The summed E-state index contributed by atoms with van der Waals surface area (Å²) in [6.07, 6.45) is 2.08. The second-order valence-electron chi connectivity index (χ2n) is 4.78. The Kier molecular flexibility index (Phi) is 3.90. The second kappa shape index (κ2) is 4.79. The van der Waals surface area contributed by atoms with Gasteiger partial charge in [0.25, 0.3) is 5.97 Å². The Morgan fingerprint density at radius 3 is 2.67 bits per heavy atom. The van der Waals surface area contributed by atoms with E-state index in [0.29, 0.717) is 19.3 Å². The van der Waals surface area contributed by atoms with Crippen molar-refractivity contribution in [3.63, 3.8) is 0 Å². The Balaban J connectivity index is 2.20. The van der Waals surface area contributed by atoms with E-state index in [9.17, 15) is 9.59 Å². The van der Waals surface area contributed by atoms with Crippen LogP contribution in [0.4, 0.5) is 0 Å². The maximum absolute atomic E-state index is 11.4. The smallest absolute Gasteiger partial charge is 0.306 e. The van der Waals surface area contributed by atoms with Gasteiger partial charge in [0, 0.05) is 12.8 Å². The molecule has 0 amide bonds. The Morgan fingerprint density at radius 1 is 1.53 bits per heavy atom. The third kappa shape index (κ3) is 4.97. The Morgan fingerprint density at radius 2 is 2.20 bits per heavy atom. The monoisotopic (exact) mass is 230 g/mol. The average Bonchev–Trinajstić information content (AvgIpc) is 2.45. The summed E-state index contributed by atoms with van der Waals surface area (Å²) >= 11 is 0. The number of rotatable bonds is 4. The van der Waals surface area contributed by atoms with Crippen molar-refractivity contribution in [2.75, 3.05) is 0 Å². The Bertz CT molecular complexity index is 257. The molecular formula is C10H18O4Si. The van der Waals surface area contributed by atoms with Crippen LogP contribution in [0, 0.1) is 0 Å². The number of carbonyl (C=O) groups is 2. The Hall–Kier alpha value is -0.843. The first kappa shape index (κ1) is 12.2. The zero-order valence-electron chi connectivity index (χ0n) is 9.54. The van der Waals surface area contributed by atoms with Crippen molar-refractivity contribution in [2.45, 2.75) is 51.4 Å². The van der Waals surface area contributed by atoms with Crippen molar-refractivity contribution in [3.8, 4) is 0 Å². The lowest BCUT2D eigenvalue weighted by Crippen LogP contribution is -2.29. The number of hydrogen-bond donors (Lipinski definition) is 0. The SMILES string of the molecule is C[Si](C)(C)OC(=O)CCC1CCC(=O)O1. The van der Waals surface area contributed by atoms with Gasteiger partial charge in [0.15, 0.2) is 0 Å². The molecule has 0 saturated carbocycles. The van der Waals surface area contributed by atoms with Crippen molar-refractivity contribution >= 4 is 20.3 Å². The van der Waals surface area contributed by atoms with Gasteiger partial charge in [-0.3, -0.25) is 9.59 Å². The summed E-state index contributed by atoms with van der Waals surface area (Å²) in [5, 5.41) is 0. The lowest BCUT2D eigenvalue weighted by atomic mass is 10.1. The van der Waals surface area contributed by atoms with Gasteiger partial charge in [0.1, 0.15) is 6.10 Å². The van der Waals surface area contributed by atoms with Crippen molar-refractivity contribution in [3.05, 3.63) is 0 Å². The highest BCUT2D eigenvalue weighted by Crippen LogP contribution is 2.18. The van der Waals surface area contributed by atoms with Crippen molar-refractivity contribution in [2.24, 2.45) is 0 Å². The molecule has 1 atom stereocenters. The molecule has 1 fully saturated rings. The van der Waals surface area contributed by atoms with Gasteiger partial charge in [0.2, 0.25) is 8.32 Å². The maximum atomic E-state index is 11.4. The van der Waals surface area contributed by atoms with Crippen LogP contribution in [-0.2, 0) is 18.8 Å². The number of carbonyl (C=O) groups excluding carboxylic acids is 2. The quantitative estimate of drug-likeness (QED) is 0.546. The fourth-order valence-corrected chi connectivity index (χ4v) is 2.24. The molecule has 0 aromatic heterocycles. The summed E-state index contributed by atoms with van der Waals surface area (Å²) in [5.41, 5.74) is 0. The molecule has 5 heteroatoms. The minimum Gasteiger partial charge on any atom is -0.520 e. The van der Waals surface area contributed by atoms with E-state index >= 15 is 0 Å². The normalized spacial score (nSPS) is 21.3. The highest BCUT2D eigenvalue weighted by Gasteiger charge is 2.25. The molecular weight excluding hydrogens is 212 g/mol. The van der Waals surface area contributed by atoms with E-state index in [0.717, 1.165) is 6.42 Å². The summed E-state index contributed by atoms with van der Waals surface area (Å²) in [6, 6.07) is 0. The fourth-order valence-electron chi connectivity index (χ4n) is 1.46. The van der Waals surface area contributed by atoms with Gasteiger partial charge >= 0.3 is 5.97 Å². The second-order valence-corrected chi connectivity index (χ2v) is 9.20. The van der Waals surface area contributed by atoms with E-state index in [4.69, 9.17) is 9.16 Å². The molecule has 1 aliphatic rings. The molecule has 1 saturated heterocycles.